The molecule has 0 aliphatic carbocycles. The molecule has 0 heterocycles. The minimum absolute atomic E-state index is 0.103. The molecule has 4 nitrogen and oxygen atoms in total. The van der Waals surface area contributed by atoms with Crippen LogP contribution in [0.1, 0.15) is 10.4 Å². The number of nitrogens with zero attached hydrogens (tertiary/aromatic N) is 1. The lowest BCUT2D eigenvalue weighted by Gasteiger charge is -2.17. The molecule has 0 saturated carbocycles. The van der Waals surface area contributed by atoms with Crippen molar-refractivity contribution in [2.75, 3.05) is 31.8 Å². The Morgan fingerprint density at radius 1 is 1.43 bits per heavy atom. The zero-order valence-electron chi connectivity index (χ0n) is 8.66. The summed E-state index contributed by atoms with van der Waals surface area (Å²) in [5.41, 5.74) is 7.76. The highest BCUT2D eigenvalue weighted by atomic mass is 16.1. The van der Waals surface area contributed by atoms with Crippen molar-refractivity contribution in [1.29, 1.82) is 0 Å². The number of amides is 1. The van der Waals surface area contributed by atoms with Crippen LogP contribution in [0.25, 0.3) is 0 Å². The highest BCUT2D eigenvalue weighted by Crippen LogP contribution is 2.21. The third kappa shape index (κ3) is 1.96. The molecule has 3 N–H and O–H groups in total. The minimum atomic E-state index is -0.103. The Morgan fingerprint density at radius 3 is 2.57 bits per heavy atom. The average Bonchev–Trinajstić information content (AvgIpc) is 2.16. The van der Waals surface area contributed by atoms with E-state index in [9.17, 15) is 4.79 Å². The largest absolute Gasteiger partial charge is 0.399 e. The molecule has 14 heavy (non-hydrogen) atoms. The number of nitrogens with two attached hydrogens (primary N) is 1. The number of nitrogen functional groups attached to an aromatic ring is 1. The Kier molecular flexibility index (Phi) is 2.96. The standard InChI is InChI=1S/C10H15N3O/c1-12-10(14)8-5-4-7(11)6-9(8)13(2)3/h4-6H,11H2,1-3H3,(H,12,14). The molecule has 0 fully saturated rings. The van der Waals surface area contributed by atoms with E-state index < -0.39 is 0 Å². The lowest BCUT2D eigenvalue weighted by atomic mass is 10.1. The second kappa shape index (κ2) is 4.00. The third-order valence-electron chi connectivity index (χ3n) is 1.98. The van der Waals surface area contributed by atoms with E-state index in [1.807, 2.05) is 19.0 Å². The van der Waals surface area contributed by atoms with Crippen LogP contribution in [0.15, 0.2) is 18.2 Å². The summed E-state index contributed by atoms with van der Waals surface area (Å²) in [6.07, 6.45) is 0. The summed E-state index contributed by atoms with van der Waals surface area (Å²) in [5.74, 6) is -0.103. The summed E-state index contributed by atoms with van der Waals surface area (Å²) in [6.45, 7) is 0. The fourth-order valence-corrected chi connectivity index (χ4v) is 1.25. The Bertz CT molecular complexity index is 347. The molecule has 76 valence electrons. The summed E-state index contributed by atoms with van der Waals surface area (Å²) in [4.78, 5) is 13.3. The van der Waals surface area contributed by atoms with Gasteiger partial charge in [0.2, 0.25) is 0 Å². The van der Waals surface area contributed by atoms with Crippen LogP contribution >= 0.6 is 0 Å². The first kappa shape index (κ1) is 10.4. The van der Waals surface area contributed by atoms with Crippen LogP contribution in [0.5, 0.6) is 0 Å². The smallest absolute Gasteiger partial charge is 0.253 e. The number of benzene rings is 1. The molecule has 0 radical (unpaired) electrons. The summed E-state index contributed by atoms with van der Waals surface area (Å²) in [7, 11) is 5.36. The molecule has 1 amide bonds. The zero-order chi connectivity index (χ0) is 10.7. The van der Waals surface area contributed by atoms with Gasteiger partial charge in [-0.05, 0) is 18.2 Å². The molecule has 0 saturated heterocycles. The van der Waals surface area contributed by atoms with E-state index in [2.05, 4.69) is 5.32 Å². The number of carbonyl (C=O) groups is 1. The van der Waals surface area contributed by atoms with Crippen molar-refractivity contribution in [1.82, 2.24) is 5.32 Å². The first-order valence-electron chi connectivity index (χ1n) is 4.35. The molecule has 0 aliphatic rings. The van der Waals surface area contributed by atoms with Crippen LogP contribution in [0.4, 0.5) is 11.4 Å². The topological polar surface area (TPSA) is 58.4 Å². The number of anilines is 2. The molecule has 1 aromatic carbocycles. The van der Waals surface area contributed by atoms with Gasteiger partial charge in [0.1, 0.15) is 0 Å². The van der Waals surface area contributed by atoms with Gasteiger partial charge in [-0.25, -0.2) is 0 Å². The van der Waals surface area contributed by atoms with Gasteiger partial charge in [-0.1, -0.05) is 0 Å². The fraction of sp³-hybridized carbons (Fsp3) is 0.300. The van der Waals surface area contributed by atoms with Crippen molar-refractivity contribution in [3.8, 4) is 0 Å². The van der Waals surface area contributed by atoms with Gasteiger partial charge in [0, 0.05) is 26.8 Å². The highest BCUT2D eigenvalue weighted by molar-refractivity contribution is 6.00. The molecule has 4 heteroatoms. The van der Waals surface area contributed by atoms with E-state index in [4.69, 9.17) is 5.73 Å². The summed E-state index contributed by atoms with van der Waals surface area (Å²) in [5, 5.41) is 2.59. The molecule has 0 bridgehead atoms. The highest BCUT2D eigenvalue weighted by Gasteiger charge is 2.11. The van der Waals surface area contributed by atoms with Gasteiger partial charge in [-0.15, -0.1) is 0 Å². The van der Waals surface area contributed by atoms with Gasteiger partial charge in [0.15, 0.2) is 0 Å². The van der Waals surface area contributed by atoms with Gasteiger partial charge in [-0.3, -0.25) is 4.79 Å². The second-order valence-corrected chi connectivity index (χ2v) is 3.25. The quantitative estimate of drug-likeness (QED) is 0.679. The fourth-order valence-electron chi connectivity index (χ4n) is 1.25. The monoisotopic (exact) mass is 193 g/mol. The van der Waals surface area contributed by atoms with Crippen molar-refractivity contribution in [3.63, 3.8) is 0 Å². The first-order chi connectivity index (χ1) is 6.56. The average molecular weight is 193 g/mol. The van der Waals surface area contributed by atoms with Crippen molar-refractivity contribution < 1.29 is 4.79 Å². The summed E-state index contributed by atoms with van der Waals surface area (Å²) >= 11 is 0. The summed E-state index contributed by atoms with van der Waals surface area (Å²) in [6, 6.07) is 5.23. The molecule has 0 spiro atoms. The zero-order valence-corrected chi connectivity index (χ0v) is 8.66. The van der Waals surface area contributed by atoms with E-state index >= 15 is 0 Å². The van der Waals surface area contributed by atoms with E-state index in [1.54, 1.807) is 25.2 Å². The SMILES string of the molecule is CNC(=O)c1ccc(N)cc1N(C)C. The van der Waals surface area contributed by atoms with Gasteiger partial charge < -0.3 is 16.0 Å². The summed E-state index contributed by atoms with van der Waals surface area (Å²) < 4.78 is 0. The molecule has 0 aromatic heterocycles. The number of hydrogen-bond acceptors (Lipinski definition) is 3. The molecule has 0 atom stereocenters. The lowest BCUT2D eigenvalue weighted by molar-refractivity contribution is 0.0963. The molecule has 0 aliphatic heterocycles. The van der Waals surface area contributed by atoms with Crippen LogP contribution in [-0.2, 0) is 0 Å². The van der Waals surface area contributed by atoms with Crippen molar-refractivity contribution >= 4 is 17.3 Å². The van der Waals surface area contributed by atoms with Crippen LogP contribution in [0.3, 0.4) is 0 Å². The first-order valence-corrected chi connectivity index (χ1v) is 4.35. The molecule has 1 rings (SSSR count). The number of rotatable bonds is 2. The van der Waals surface area contributed by atoms with Gasteiger partial charge in [0.25, 0.3) is 5.91 Å². The van der Waals surface area contributed by atoms with E-state index in [1.165, 1.54) is 0 Å². The molecular formula is C10H15N3O. The van der Waals surface area contributed by atoms with Crippen LogP contribution in [0.2, 0.25) is 0 Å². The third-order valence-corrected chi connectivity index (χ3v) is 1.98. The van der Waals surface area contributed by atoms with Gasteiger partial charge >= 0.3 is 0 Å². The van der Waals surface area contributed by atoms with E-state index in [0.717, 1.165) is 5.69 Å². The number of carbonyl (C=O) groups excluding carboxylic acids is 1. The van der Waals surface area contributed by atoms with Gasteiger partial charge in [0.05, 0.1) is 11.3 Å². The van der Waals surface area contributed by atoms with E-state index in [0.29, 0.717) is 11.3 Å². The predicted octanol–water partition coefficient (Wildman–Crippen LogP) is 0.694. The maximum Gasteiger partial charge on any atom is 0.253 e. The maximum atomic E-state index is 11.5. The second-order valence-electron chi connectivity index (χ2n) is 3.25. The van der Waals surface area contributed by atoms with Crippen LogP contribution in [0, 0.1) is 0 Å². The minimum Gasteiger partial charge on any atom is -0.399 e. The van der Waals surface area contributed by atoms with Crippen molar-refractivity contribution in [2.24, 2.45) is 0 Å². The van der Waals surface area contributed by atoms with Gasteiger partial charge in [-0.2, -0.15) is 0 Å². The lowest BCUT2D eigenvalue weighted by Crippen LogP contribution is -2.22. The van der Waals surface area contributed by atoms with E-state index in [-0.39, 0.29) is 5.91 Å². The normalized spacial score (nSPS) is 9.64. The molecule has 1 aromatic rings. The Balaban J connectivity index is 3.21. The van der Waals surface area contributed by atoms with Crippen LogP contribution in [-0.4, -0.2) is 27.1 Å². The predicted molar refractivity (Wildman–Crippen MR) is 58.6 cm³/mol. The number of hydrogen-bond donors (Lipinski definition) is 2. The molecule has 0 unspecified atom stereocenters. The van der Waals surface area contributed by atoms with Crippen molar-refractivity contribution in [3.05, 3.63) is 23.8 Å². The van der Waals surface area contributed by atoms with Crippen molar-refractivity contribution in [2.45, 2.75) is 0 Å². The maximum absolute atomic E-state index is 11.5. The Morgan fingerprint density at radius 2 is 2.07 bits per heavy atom. The van der Waals surface area contributed by atoms with Crippen LogP contribution < -0.4 is 16.0 Å². The Labute approximate surface area is 83.7 Å². The Hall–Kier alpha value is -1.71. The number of nitrogens with one attached hydrogen (secondary N) is 1. The molecular weight excluding hydrogens is 178 g/mol.